The second kappa shape index (κ2) is 9.99. The number of halogens is 1. The topological polar surface area (TPSA) is 56.7 Å². The number of anilines is 1. The van der Waals surface area contributed by atoms with E-state index in [0.29, 0.717) is 12.5 Å². The van der Waals surface area contributed by atoms with Gasteiger partial charge in [-0.2, -0.15) is 0 Å². The Labute approximate surface area is 167 Å². The Balaban J connectivity index is 0.00000225. The van der Waals surface area contributed by atoms with Gasteiger partial charge < -0.3 is 15.5 Å². The Kier molecular flexibility index (Phi) is 7.99. The number of hydrogen-bond acceptors (Lipinski definition) is 2. The summed E-state index contributed by atoms with van der Waals surface area (Å²) in [6.45, 7) is 1.58. The molecule has 25 heavy (non-hydrogen) atoms. The molecule has 2 N–H and O–H groups in total. The zero-order chi connectivity index (χ0) is 16.8. The lowest BCUT2D eigenvalue weighted by Crippen LogP contribution is -2.43. The molecule has 1 aromatic rings. The highest BCUT2D eigenvalue weighted by atomic mass is 127. The van der Waals surface area contributed by atoms with Crippen molar-refractivity contribution in [1.29, 1.82) is 0 Å². The third-order valence-electron chi connectivity index (χ3n) is 4.95. The van der Waals surface area contributed by atoms with Crippen LogP contribution < -0.4 is 15.5 Å². The molecule has 1 aliphatic carbocycles. The molecule has 6 heteroatoms. The van der Waals surface area contributed by atoms with Gasteiger partial charge in [0.1, 0.15) is 0 Å². The minimum absolute atomic E-state index is 0. The van der Waals surface area contributed by atoms with E-state index in [0.717, 1.165) is 31.2 Å². The van der Waals surface area contributed by atoms with Crippen LogP contribution in [0.5, 0.6) is 0 Å². The molecule has 1 saturated heterocycles. The minimum atomic E-state index is 0. The van der Waals surface area contributed by atoms with Crippen molar-refractivity contribution in [2.24, 2.45) is 4.99 Å². The van der Waals surface area contributed by atoms with E-state index in [1.807, 2.05) is 24.1 Å². The van der Waals surface area contributed by atoms with Crippen LogP contribution in [0.15, 0.2) is 29.3 Å². The predicted octanol–water partition coefficient (Wildman–Crippen LogP) is 3.43. The van der Waals surface area contributed by atoms with Crippen LogP contribution in [-0.4, -0.2) is 31.5 Å². The maximum atomic E-state index is 11.8. The van der Waals surface area contributed by atoms with Crippen molar-refractivity contribution < 1.29 is 4.79 Å². The molecule has 2 aliphatic rings. The van der Waals surface area contributed by atoms with Crippen LogP contribution in [0.2, 0.25) is 0 Å². The molecule has 1 heterocycles. The summed E-state index contributed by atoms with van der Waals surface area (Å²) in [4.78, 5) is 18.0. The highest BCUT2D eigenvalue weighted by molar-refractivity contribution is 14.0. The predicted molar refractivity (Wildman–Crippen MR) is 114 cm³/mol. The van der Waals surface area contributed by atoms with Crippen molar-refractivity contribution in [3.63, 3.8) is 0 Å². The van der Waals surface area contributed by atoms with Crippen LogP contribution in [0.4, 0.5) is 5.69 Å². The molecule has 5 nitrogen and oxygen atoms in total. The summed E-state index contributed by atoms with van der Waals surface area (Å²) in [5.41, 5.74) is 2.20. The lowest BCUT2D eigenvalue weighted by molar-refractivity contribution is -0.117. The van der Waals surface area contributed by atoms with Gasteiger partial charge in [-0.3, -0.25) is 9.79 Å². The van der Waals surface area contributed by atoms with E-state index >= 15 is 0 Å². The van der Waals surface area contributed by atoms with Crippen molar-refractivity contribution in [2.75, 3.05) is 18.5 Å². The molecule has 1 amide bonds. The second-order valence-electron chi connectivity index (χ2n) is 6.72. The molecule has 0 unspecified atom stereocenters. The molecule has 0 radical (unpaired) electrons. The average molecular weight is 456 g/mol. The summed E-state index contributed by atoms with van der Waals surface area (Å²) in [6, 6.07) is 8.80. The average Bonchev–Trinajstić information content (AvgIpc) is 3.06. The van der Waals surface area contributed by atoms with Gasteiger partial charge in [-0.15, -0.1) is 24.0 Å². The lowest BCUT2D eigenvalue weighted by Gasteiger charge is -2.25. The fourth-order valence-electron chi connectivity index (χ4n) is 3.54. The van der Waals surface area contributed by atoms with Gasteiger partial charge in [-0.05, 0) is 37.0 Å². The summed E-state index contributed by atoms with van der Waals surface area (Å²) in [7, 11) is 1.82. The molecule has 138 valence electrons. The molecule has 0 aromatic heterocycles. The van der Waals surface area contributed by atoms with Crippen LogP contribution in [-0.2, 0) is 11.3 Å². The third-order valence-corrected chi connectivity index (χ3v) is 4.95. The van der Waals surface area contributed by atoms with Crippen molar-refractivity contribution in [3.8, 4) is 0 Å². The largest absolute Gasteiger partial charge is 0.354 e. The van der Waals surface area contributed by atoms with Gasteiger partial charge in [-0.25, -0.2) is 0 Å². The van der Waals surface area contributed by atoms with Crippen LogP contribution >= 0.6 is 24.0 Å². The summed E-state index contributed by atoms with van der Waals surface area (Å²) in [5.74, 6) is 1.11. The van der Waals surface area contributed by atoms with Crippen molar-refractivity contribution in [1.82, 2.24) is 10.6 Å². The molecule has 0 spiro atoms. The van der Waals surface area contributed by atoms with E-state index in [4.69, 9.17) is 0 Å². The maximum Gasteiger partial charge on any atom is 0.227 e. The quantitative estimate of drug-likeness (QED) is 0.415. The molecular formula is C19H29IN4O. The van der Waals surface area contributed by atoms with Gasteiger partial charge in [0.2, 0.25) is 5.91 Å². The smallest absolute Gasteiger partial charge is 0.227 e. The van der Waals surface area contributed by atoms with Crippen LogP contribution in [0.25, 0.3) is 0 Å². The van der Waals surface area contributed by atoms with Gasteiger partial charge in [-0.1, -0.05) is 31.4 Å². The fourth-order valence-corrected chi connectivity index (χ4v) is 3.54. The Bertz CT molecular complexity index is 582. The first-order valence-corrected chi connectivity index (χ1v) is 9.13. The van der Waals surface area contributed by atoms with E-state index in [-0.39, 0.29) is 29.9 Å². The number of nitrogens with one attached hydrogen (secondary N) is 2. The first-order valence-electron chi connectivity index (χ1n) is 9.13. The Morgan fingerprint density at radius 2 is 1.88 bits per heavy atom. The molecule has 1 aromatic carbocycles. The van der Waals surface area contributed by atoms with E-state index in [2.05, 4.69) is 27.8 Å². The van der Waals surface area contributed by atoms with Gasteiger partial charge in [0.05, 0.1) is 0 Å². The molecule has 3 rings (SSSR count). The summed E-state index contributed by atoms with van der Waals surface area (Å²) >= 11 is 0. The third kappa shape index (κ3) is 5.59. The van der Waals surface area contributed by atoms with Gasteiger partial charge in [0.15, 0.2) is 5.96 Å². The van der Waals surface area contributed by atoms with Crippen molar-refractivity contribution in [2.45, 2.75) is 57.5 Å². The zero-order valence-electron chi connectivity index (χ0n) is 15.0. The normalized spacial score (nSPS) is 18.8. The summed E-state index contributed by atoms with van der Waals surface area (Å²) < 4.78 is 0. The SMILES string of the molecule is CN=C(NCc1ccc(N2CCCC2=O)cc1)NC1CCCCC1.I. The van der Waals surface area contributed by atoms with E-state index in [1.54, 1.807) is 0 Å². The van der Waals surface area contributed by atoms with Gasteiger partial charge in [0.25, 0.3) is 0 Å². The second-order valence-corrected chi connectivity index (χ2v) is 6.72. The molecular weight excluding hydrogens is 427 g/mol. The number of benzene rings is 1. The summed E-state index contributed by atoms with van der Waals surface area (Å²) in [6.07, 6.45) is 8.09. The van der Waals surface area contributed by atoms with E-state index < -0.39 is 0 Å². The Hall–Kier alpha value is -1.31. The summed E-state index contributed by atoms with van der Waals surface area (Å²) in [5, 5.41) is 6.91. The van der Waals surface area contributed by atoms with E-state index in [9.17, 15) is 4.79 Å². The first-order chi connectivity index (χ1) is 11.8. The highest BCUT2D eigenvalue weighted by Gasteiger charge is 2.21. The van der Waals surface area contributed by atoms with Crippen LogP contribution in [0.3, 0.4) is 0 Å². The Morgan fingerprint density at radius 3 is 2.48 bits per heavy atom. The van der Waals surface area contributed by atoms with E-state index in [1.165, 1.54) is 37.7 Å². The monoisotopic (exact) mass is 456 g/mol. The number of aliphatic imine (C=N–C) groups is 1. The molecule has 0 atom stereocenters. The first kappa shape index (κ1) is 20.0. The number of amides is 1. The molecule has 1 aliphatic heterocycles. The zero-order valence-corrected chi connectivity index (χ0v) is 17.3. The molecule has 1 saturated carbocycles. The van der Waals surface area contributed by atoms with Gasteiger partial charge in [0, 0.05) is 38.3 Å². The van der Waals surface area contributed by atoms with Crippen LogP contribution in [0, 0.1) is 0 Å². The molecule has 2 fully saturated rings. The fraction of sp³-hybridized carbons (Fsp3) is 0.579. The van der Waals surface area contributed by atoms with Crippen molar-refractivity contribution in [3.05, 3.63) is 29.8 Å². The van der Waals surface area contributed by atoms with Crippen molar-refractivity contribution >= 4 is 41.5 Å². The number of hydrogen-bond donors (Lipinski definition) is 2. The number of nitrogens with zero attached hydrogens (tertiary/aromatic N) is 2. The number of rotatable bonds is 4. The minimum Gasteiger partial charge on any atom is -0.354 e. The lowest BCUT2D eigenvalue weighted by atomic mass is 9.96. The number of carbonyl (C=O) groups excluding carboxylic acids is 1. The standard InChI is InChI=1S/C19H28N4O.HI/c1-20-19(22-16-6-3-2-4-7-16)21-14-15-9-11-17(12-10-15)23-13-5-8-18(23)24;/h9-12,16H,2-8,13-14H2,1H3,(H2,20,21,22);1H. The molecule has 0 bridgehead atoms. The highest BCUT2D eigenvalue weighted by Crippen LogP contribution is 2.21. The Morgan fingerprint density at radius 1 is 1.16 bits per heavy atom. The van der Waals surface area contributed by atoms with Crippen LogP contribution in [0.1, 0.15) is 50.5 Å². The van der Waals surface area contributed by atoms with Gasteiger partial charge >= 0.3 is 0 Å². The number of guanidine groups is 1. The maximum absolute atomic E-state index is 11.8. The number of carbonyl (C=O) groups is 1.